The van der Waals surface area contributed by atoms with Crippen LogP contribution in [-0.4, -0.2) is 55.0 Å². The molecule has 0 saturated heterocycles. The zero-order chi connectivity index (χ0) is 21.2. The molecule has 29 heavy (non-hydrogen) atoms. The molecule has 2 amide bonds. The van der Waals surface area contributed by atoms with Crippen LogP contribution in [0.1, 0.15) is 30.8 Å². The Labute approximate surface area is 180 Å². The molecular weight excluding hydrogens is 412 g/mol. The minimum absolute atomic E-state index is 0.0757. The summed E-state index contributed by atoms with van der Waals surface area (Å²) in [6.45, 7) is 5.76. The van der Waals surface area contributed by atoms with Crippen LogP contribution in [0, 0.1) is 5.92 Å². The lowest BCUT2D eigenvalue weighted by molar-refractivity contribution is -0.121. The van der Waals surface area contributed by atoms with E-state index in [0.717, 1.165) is 5.69 Å². The van der Waals surface area contributed by atoms with Crippen molar-refractivity contribution in [3.8, 4) is 0 Å². The van der Waals surface area contributed by atoms with Crippen molar-refractivity contribution in [1.82, 2.24) is 15.2 Å². The zero-order valence-electron chi connectivity index (χ0n) is 16.9. The number of carbonyl (C=O) groups is 2. The van der Waals surface area contributed by atoms with E-state index < -0.39 is 0 Å². The Morgan fingerprint density at radius 1 is 1.28 bits per heavy atom. The summed E-state index contributed by atoms with van der Waals surface area (Å²) in [4.78, 5) is 30.9. The quantitative estimate of drug-likeness (QED) is 0.557. The highest BCUT2D eigenvalue weighted by Crippen LogP contribution is 2.27. The third kappa shape index (κ3) is 7.64. The standard InChI is InChI=1S/C20H27ClN4O3S/c1-14(2)12-22-18(26)8-9-25(10-11-28-3)19(27)17-13-29-20(24-17)23-16-7-5-4-6-15(16)21/h4-7,13-14H,8-12H2,1-3H3,(H,22,26)(H,23,24). The number of hydrogen-bond acceptors (Lipinski definition) is 6. The van der Waals surface area contributed by atoms with Crippen molar-refractivity contribution in [3.63, 3.8) is 0 Å². The van der Waals surface area contributed by atoms with Crippen LogP contribution in [0.2, 0.25) is 5.02 Å². The van der Waals surface area contributed by atoms with Gasteiger partial charge in [0, 0.05) is 38.5 Å². The summed E-state index contributed by atoms with van der Waals surface area (Å²) in [5.41, 5.74) is 1.05. The second kappa shape index (κ2) is 11.7. The monoisotopic (exact) mass is 438 g/mol. The van der Waals surface area contributed by atoms with E-state index in [2.05, 4.69) is 15.6 Å². The average molecular weight is 439 g/mol. The van der Waals surface area contributed by atoms with E-state index in [1.165, 1.54) is 11.3 Å². The molecule has 0 fully saturated rings. The lowest BCUT2D eigenvalue weighted by Gasteiger charge is -2.21. The van der Waals surface area contributed by atoms with E-state index in [1.54, 1.807) is 23.5 Å². The van der Waals surface area contributed by atoms with Crippen LogP contribution in [0.5, 0.6) is 0 Å². The van der Waals surface area contributed by atoms with Gasteiger partial charge in [0.15, 0.2) is 5.13 Å². The van der Waals surface area contributed by atoms with E-state index in [9.17, 15) is 9.59 Å². The van der Waals surface area contributed by atoms with Gasteiger partial charge >= 0.3 is 0 Å². The first-order chi connectivity index (χ1) is 13.9. The molecule has 2 rings (SSSR count). The molecule has 158 valence electrons. The third-order valence-corrected chi connectivity index (χ3v) is 5.09. The molecule has 2 aromatic rings. The number of methoxy groups -OCH3 is 1. The number of amides is 2. The summed E-state index contributed by atoms with van der Waals surface area (Å²) >= 11 is 7.47. The van der Waals surface area contributed by atoms with E-state index in [1.807, 2.05) is 32.0 Å². The molecule has 1 heterocycles. The fourth-order valence-electron chi connectivity index (χ4n) is 2.43. The largest absolute Gasteiger partial charge is 0.383 e. The Morgan fingerprint density at radius 2 is 2.03 bits per heavy atom. The van der Waals surface area contributed by atoms with Crippen molar-refractivity contribution < 1.29 is 14.3 Å². The number of carbonyl (C=O) groups excluding carboxylic acids is 2. The molecule has 0 radical (unpaired) electrons. The van der Waals surface area contributed by atoms with E-state index in [0.29, 0.717) is 48.0 Å². The maximum Gasteiger partial charge on any atom is 0.273 e. The number of hydrogen-bond donors (Lipinski definition) is 2. The summed E-state index contributed by atoms with van der Waals surface area (Å²) < 4.78 is 5.10. The number of halogens is 1. The Balaban J connectivity index is 2.00. The van der Waals surface area contributed by atoms with Crippen LogP contribution in [0.15, 0.2) is 29.6 Å². The second-order valence-corrected chi connectivity index (χ2v) is 8.14. The van der Waals surface area contributed by atoms with Gasteiger partial charge in [0.25, 0.3) is 5.91 Å². The van der Waals surface area contributed by atoms with Gasteiger partial charge in [0.2, 0.25) is 5.91 Å². The number of thiazole rings is 1. The molecule has 0 saturated carbocycles. The van der Waals surface area contributed by atoms with Gasteiger partial charge in [-0.3, -0.25) is 9.59 Å². The van der Waals surface area contributed by atoms with Crippen LogP contribution in [0.4, 0.5) is 10.8 Å². The predicted molar refractivity (Wildman–Crippen MR) is 117 cm³/mol. The summed E-state index contributed by atoms with van der Waals surface area (Å²) in [5, 5.41) is 8.83. The van der Waals surface area contributed by atoms with Crippen molar-refractivity contribution in [2.75, 3.05) is 38.7 Å². The molecule has 0 aliphatic heterocycles. The molecule has 7 nitrogen and oxygen atoms in total. The number of nitrogens with one attached hydrogen (secondary N) is 2. The highest BCUT2D eigenvalue weighted by molar-refractivity contribution is 7.14. The predicted octanol–water partition coefficient (Wildman–Crippen LogP) is 3.79. The zero-order valence-corrected chi connectivity index (χ0v) is 18.5. The van der Waals surface area contributed by atoms with Gasteiger partial charge in [-0.25, -0.2) is 4.98 Å². The lowest BCUT2D eigenvalue weighted by atomic mass is 10.2. The molecule has 0 atom stereocenters. The Morgan fingerprint density at radius 3 is 2.72 bits per heavy atom. The number of benzene rings is 1. The summed E-state index contributed by atoms with van der Waals surface area (Å²) in [6.07, 6.45) is 0.233. The molecule has 0 unspecified atom stereocenters. The SMILES string of the molecule is COCCN(CCC(=O)NCC(C)C)C(=O)c1csc(Nc2ccccc2Cl)n1. The first-order valence-electron chi connectivity index (χ1n) is 9.42. The van der Waals surface area contributed by atoms with Gasteiger partial charge in [0.05, 0.1) is 17.3 Å². The average Bonchev–Trinajstić information content (AvgIpc) is 3.16. The smallest absolute Gasteiger partial charge is 0.273 e. The minimum atomic E-state index is -0.234. The highest BCUT2D eigenvalue weighted by atomic mass is 35.5. The number of ether oxygens (including phenoxy) is 1. The van der Waals surface area contributed by atoms with Crippen molar-refractivity contribution in [2.45, 2.75) is 20.3 Å². The molecule has 0 bridgehead atoms. The van der Waals surface area contributed by atoms with Gasteiger partial charge < -0.3 is 20.3 Å². The molecular formula is C20H27ClN4O3S. The third-order valence-electron chi connectivity index (χ3n) is 4.01. The van der Waals surface area contributed by atoms with Gasteiger partial charge in [-0.05, 0) is 18.1 Å². The van der Waals surface area contributed by atoms with Crippen LogP contribution >= 0.6 is 22.9 Å². The van der Waals surface area contributed by atoms with Crippen molar-refractivity contribution in [2.24, 2.45) is 5.92 Å². The van der Waals surface area contributed by atoms with Crippen molar-refractivity contribution in [3.05, 3.63) is 40.4 Å². The lowest BCUT2D eigenvalue weighted by Crippen LogP contribution is -2.38. The number of rotatable bonds is 11. The Hall–Kier alpha value is -2.16. The molecule has 9 heteroatoms. The van der Waals surface area contributed by atoms with Gasteiger partial charge in [-0.1, -0.05) is 37.6 Å². The number of anilines is 2. The second-order valence-electron chi connectivity index (χ2n) is 6.88. The minimum Gasteiger partial charge on any atom is -0.383 e. The van der Waals surface area contributed by atoms with E-state index in [-0.39, 0.29) is 18.2 Å². The maximum absolute atomic E-state index is 12.9. The molecule has 1 aromatic heterocycles. The van der Waals surface area contributed by atoms with Crippen molar-refractivity contribution in [1.29, 1.82) is 0 Å². The summed E-state index contributed by atoms with van der Waals surface area (Å²) in [7, 11) is 1.58. The maximum atomic E-state index is 12.9. The molecule has 0 spiro atoms. The van der Waals surface area contributed by atoms with E-state index in [4.69, 9.17) is 16.3 Å². The highest BCUT2D eigenvalue weighted by Gasteiger charge is 2.20. The van der Waals surface area contributed by atoms with Crippen LogP contribution in [0.3, 0.4) is 0 Å². The molecule has 2 N–H and O–H groups in total. The van der Waals surface area contributed by atoms with Crippen LogP contribution in [-0.2, 0) is 9.53 Å². The number of para-hydroxylation sites is 1. The van der Waals surface area contributed by atoms with Crippen LogP contribution in [0.25, 0.3) is 0 Å². The first kappa shape index (κ1) is 23.1. The molecule has 0 aliphatic carbocycles. The molecule has 0 aliphatic rings. The topological polar surface area (TPSA) is 83.6 Å². The van der Waals surface area contributed by atoms with Gasteiger partial charge in [-0.15, -0.1) is 11.3 Å². The Bertz CT molecular complexity index is 813. The van der Waals surface area contributed by atoms with Gasteiger partial charge in [-0.2, -0.15) is 0 Å². The van der Waals surface area contributed by atoms with Crippen LogP contribution < -0.4 is 10.6 Å². The van der Waals surface area contributed by atoms with Gasteiger partial charge in [0.1, 0.15) is 5.69 Å². The van der Waals surface area contributed by atoms with E-state index >= 15 is 0 Å². The summed E-state index contributed by atoms with van der Waals surface area (Å²) in [6, 6.07) is 7.33. The fraction of sp³-hybridized carbons (Fsp3) is 0.450. The summed E-state index contributed by atoms with van der Waals surface area (Å²) in [5.74, 6) is 0.0691. The number of nitrogens with zero attached hydrogens (tertiary/aromatic N) is 2. The van der Waals surface area contributed by atoms with Crippen molar-refractivity contribution >= 4 is 45.6 Å². The molecule has 1 aromatic carbocycles. The first-order valence-corrected chi connectivity index (χ1v) is 10.7. The fourth-order valence-corrected chi connectivity index (χ4v) is 3.31. The number of aromatic nitrogens is 1. The Kier molecular flexibility index (Phi) is 9.37. The normalized spacial score (nSPS) is 10.8.